The van der Waals surface area contributed by atoms with Gasteiger partial charge in [0, 0.05) is 10.2 Å². The third-order valence-electron chi connectivity index (χ3n) is 3.34. The Morgan fingerprint density at radius 1 is 1.41 bits per heavy atom. The minimum Gasteiger partial charge on any atom is -0.358 e. The monoisotopic (exact) mass is 342 g/mol. The Bertz CT molecular complexity index is 544. The lowest BCUT2D eigenvalue weighted by Crippen LogP contribution is -2.17. The Morgan fingerprint density at radius 3 is 3.06 bits per heavy atom. The quantitative estimate of drug-likeness (QED) is 0.740. The van der Waals surface area contributed by atoms with Crippen LogP contribution in [0.4, 0.5) is 0 Å². The molecule has 1 fully saturated rings. The predicted octanol–water partition coefficient (Wildman–Crippen LogP) is 3.65. The second-order valence-electron chi connectivity index (χ2n) is 4.54. The maximum Gasteiger partial charge on any atom is 0.135 e. The molecule has 1 saturated heterocycles. The van der Waals surface area contributed by atoms with E-state index in [1.807, 2.05) is 6.33 Å². The molecule has 3 nitrogen and oxygen atoms in total. The van der Waals surface area contributed by atoms with Crippen molar-refractivity contribution in [2.75, 3.05) is 6.61 Å². The minimum absolute atomic E-state index is 0.173. The molecule has 1 aliphatic heterocycles. The summed E-state index contributed by atoms with van der Waals surface area (Å²) in [7, 11) is 0. The zero-order valence-electron chi connectivity index (χ0n) is 9.82. The van der Waals surface area contributed by atoms with Crippen molar-refractivity contribution in [2.45, 2.75) is 32.4 Å². The van der Waals surface area contributed by atoms with Gasteiger partial charge in [-0.05, 0) is 60.4 Å². The number of ether oxygens (including phenoxy) is 1. The summed E-state index contributed by atoms with van der Waals surface area (Å²) in [5, 5.41) is 0. The largest absolute Gasteiger partial charge is 0.358 e. The van der Waals surface area contributed by atoms with E-state index < -0.39 is 0 Å². The molecule has 0 saturated carbocycles. The summed E-state index contributed by atoms with van der Waals surface area (Å²) >= 11 is 2.37. The highest BCUT2D eigenvalue weighted by Crippen LogP contribution is 2.29. The molecular formula is C13H15IN2O. The maximum atomic E-state index is 5.82. The molecule has 17 heavy (non-hydrogen) atoms. The Labute approximate surface area is 114 Å². The van der Waals surface area contributed by atoms with E-state index >= 15 is 0 Å². The van der Waals surface area contributed by atoms with E-state index in [1.165, 1.54) is 27.5 Å². The number of fused-ring (bicyclic) bond motifs is 1. The van der Waals surface area contributed by atoms with Gasteiger partial charge in [-0.2, -0.15) is 0 Å². The molecule has 2 heterocycles. The molecule has 90 valence electrons. The maximum absolute atomic E-state index is 5.82. The molecule has 1 unspecified atom stereocenters. The first-order valence-corrected chi connectivity index (χ1v) is 7.08. The van der Waals surface area contributed by atoms with Crippen LogP contribution in [0.3, 0.4) is 0 Å². The van der Waals surface area contributed by atoms with Crippen LogP contribution in [-0.4, -0.2) is 16.2 Å². The number of aromatic nitrogens is 2. The fourth-order valence-corrected chi connectivity index (χ4v) is 2.94. The number of halogens is 1. The van der Waals surface area contributed by atoms with Crippen molar-refractivity contribution in [3.8, 4) is 0 Å². The molecule has 0 amide bonds. The molecule has 4 heteroatoms. The van der Waals surface area contributed by atoms with Crippen molar-refractivity contribution >= 4 is 33.6 Å². The van der Waals surface area contributed by atoms with Gasteiger partial charge in [0.25, 0.3) is 0 Å². The van der Waals surface area contributed by atoms with Gasteiger partial charge < -0.3 is 9.30 Å². The summed E-state index contributed by atoms with van der Waals surface area (Å²) in [5.41, 5.74) is 3.57. The Balaban J connectivity index is 2.08. The van der Waals surface area contributed by atoms with Crippen LogP contribution < -0.4 is 0 Å². The van der Waals surface area contributed by atoms with Crippen LogP contribution in [0.25, 0.3) is 11.0 Å². The normalized spacial score (nSPS) is 20.9. The average Bonchev–Trinajstić information content (AvgIpc) is 2.79. The van der Waals surface area contributed by atoms with E-state index in [9.17, 15) is 0 Å². The van der Waals surface area contributed by atoms with Gasteiger partial charge >= 0.3 is 0 Å². The van der Waals surface area contributed by atoms with E-state index in [2.05, 4.69) is 51.2 Å². The molecule has 0 radical (unpaired) electrons. The van der Waals surface area contributed by atoms with Crippen molar-refractivity contribution < 1.29 is 4.74 Å². The summed E-state index contributed by atoms with van der Waals surface area (Å²) in [6.45, 7) is 2.99. The number of aryl methyl sites for hydroxylation is 1. The van der Waals surface area contributed by atoms with Crippen LogP contribution in [-0.2, 0) is 4.74 Å². The second-order valence-corrected chi connectivity index (χ2v) is 5.62. The van der Waals surface area contributed by atoms with Crippen LogP contribution >= 0.6 is 22.6 Å². The summed E-state index contributed by atoms with van der Waals surface area (Å²) < 4.78 is 9.24. The second kappa shape index (κ2) is 4.57. The minimum atomic E-state index is 0.173. The highest BCUT2D eigenvalue weighted by atomic mass is 127. The zero-order chi connectivity index (χ0) is 11.8. The van der Waals surface area contributed by atoms with Gasteiger partial charge in [-0.3, -0.25) is 0 Å². The van der Waals surface area contributed by atoms with E-state index in [0.717, 1.165) is 18.5 Å². The SMILES string of the molecule is Cc1ccc2c(ncn2C2CCCCO2)c1I. The molecule has 1 aliphatic rings. The first kappa shape index (κ1) is 11.5. The van der Waals surface area contributed by atoms with Gasteiger partial charge in [0.1, 0.15) is 11.7 Å². The number of benzene rings is 1. The first-order valence-electron chi connectivity index (χ1n) is 6.00. The summed E-state index contributed by atoms with van der Waals surface area (Å²) in [6, 6.07) is 4.31. The fraction of sp³-hybridized carbons (Fsp3) is 0.462. The number of rotatable bonds is 1. The van der Waals surface area contributed by atoms with Gasteiger partial charge in [-0.15, -0.1) is 0 Å². The van der Waals surface area contributed by atoms with Gasteiger partial charge in [-0.25, -0.2) is 4.98 Å². The van der Waals surface area contributed by atoms with Crippen LogP contribution in [0.5, 0.6) is 0 Å². The Kier molecular flexibility index (Phi) is 3.08. The van der Waals surface area contributed by atoms with E-state index in [0.29, 0.717) is 0 Å². The molecule has 1 atom stereocenters. The van der Waals surface area contributed by atoms with Gasteiger partial charge in [0.2, 0.25) is 0 Å². The molecular weight excluding hydrogens is 327 g/mol. The van der Waals surface area contributed by atoms with Crippen molar-refractivity contribution in [3.63, 3.8) is 0 Å². The average molecular weight is 342 g/mol. The first-order chi connectivity index (χ1) is 8.27. The third kappa shape index (κ3) is 1.97. The molecule has 2 aromatic rings. The Hall–Kier alpha value is -0.620. The zero-order valence-corrected chi connectivity index (χ0v) is 12.0. The van der Waals surface area contributed by atoms with E-state index in [-0.39, 0.29) is 6.23 Å². The van der Waals surface area contributed by atoms with E-state index in [1.54, 1.807) is 0 Å². The van der Waals surface area contributed by atoms with Crippen molar-refractivity contribution in [3.05, 3.63) is 27.6 Å². The van der Waals surface area contributed by atoms with Crippen LogP contribution in [0, 0.1) is 10.5 Å². The van der Waals surface area contributed by atoms with Gasteiger partial charge in [0.15, 0.2) is 0 Å². The fourth-order valence-electron chi connectivity index (χ4n) is 2.34. The van der Waals surface area contributed by atoms with Crippen LogP contribution in [0.1, 0.15) is 31.1 Å². The summed E-state index contributed by atoms with van der Waals surface area (Å²) in [4.78, 5) is 4.53. The van der Waals surface area contributed by atoms with Crippen LogP contribution in [0.2, 0.25) is 0 Å². The van der Waals surface area contributed by atoms with Gasteiger partial charge in [-0.1, -0.05) is 6.07 Å². The third-order valence-corrected chi connectivity index (χ3v) is 4.70. The molecule has 0 N–H and O–H groups in total. The topological polar surface area (TPSA) is 27.1 Å². The van der Waals surface area contributed by atoms with Gasteiger partial charge in [0.05, 0.1) is 11.8 Å². The molecule has 1 aromatic heterocycles. The van der Waals surface area contributed by atoms with Crippen molar-refractivity contribution in [2.24, 2.45) is 0 Å². The standard InChI is InChI=1S/C13H15IN2O/c1-9-5-6-10-13(12(9)14)15-8-16(10)11-4-2-3-7-17-11/h5-6,8,11H,2-4,7H2,1H3. The van der Waals surface area contributed by atoms with E-state index in [4.69, 9.17) is 4.74 Å². The Morgan fingerprint density at radius 2 is 2.29 bits per heavy atom. The summed E-state index contributed by atoms with van der Waals surface area (Å²) in [6.07, 6.45) is 5.61. The lowest BCUT2D eigenvalue weighted by Gasteiger charge is -2.24. The van der Waals surface area contributed by atoms with Crippen molar-refractivity contribution in [1.29, 1.82) is 0 Å². The summed E-state index contributed by atoms with van der Waals surface area (Å²) in [5.74, 6) is 0. The molecule has 0 spiro atoms. The number of hydrogen-bond donors (Lipinski definition) is 0. The molecule has 0 aliphatic carbocycles. The van der Waals surface area contributed by atoms with Crippen molar-refractivity contribution in [1.82, 2.24) is 9.55 Å². The highest BCUT2D eigenvalue weighted by Gasteiger charge is 2.18. The lowest BCUT2D eigenvalue weighted by molar-refractivity contribution is -0.0295. The number of hydrogen-bond acceptors (Lipinski definition) is 2. The number of nitrogens with zero attached hydrogens (tertiary/aromatic N) is 2. The molecule has 0 bridgehead atoms. The highest BCUT2D eigenvalue weighted by molar-refractivity contribution is 14.1. The molecule has 3 rings (SSSR count). The lowest BCUT2D eigenvalue weighted by atomic mass is 10.1. The smallest absolute Gasteiger partial charge is 0.135 e. The number of imidazole rings is 1. The molecule has 1 aromatic carbocycles. The van der Waals surface area contributed by atoms with Crippen LogP contribution in [0.15, 0.2) is 18.5 Å². The predicted molar refractivity (Wildman–Crippen MR) is 76.0 cm³/mol.